The van der Waals surface area contributed by atoms with E-state index < -0.39 is 10.0 Å². The second kappa shape index (κ2) is 7.89. The van der Waals surface area contributed by atoms with Gasteiger partial charge in [-0.05, 0) is 48.6 Å². The van der Waals surface area contributed by atoms with E-state index in [2.05, 4.69) is 10.0 Å². The summed E-state index contributed by atoms with van der Waals surface area (Å²) in [5.74, 6) is 0.733. The minimum atomic E-state index is -3.51. The first-order valence-corrected chi connectivity index (χ1v) is 10.2. The molecule has 0 unspecified atom stereocenters. The van der Waals surface area contributed by atoms with Gasteiger partial charge in [-0.2, -0.15) is 0 Å². The molecule has 1 aliphatic carbocycles. The van der Waals surface area contributed by atoms with E-state index in [1.54, 1.807) is 30.3 Å². The molecule has 2 aromatic carbocycles. The van der Waals surface area contributed by atoms with Gasteiger partial charge in [0.15, 0.2) is 0 Å². The lowest BCUT2D eigenvalue weighted by Crippen LogP contribution is -2.23. The van der Waals surface area contributed by atoms with E-state index in [1.165, 1.54) is 25.7 Å². The molecule has 1 fully saturated rings. The Kier molecular flexibility index (Phi) is 5.60. The maximum Gasteiger partial charge on any atom is 0.240 e. The number of anilines is 2. The third-order valence-corrected chi connectivity index (χ3v) is 6.11. The highest BCUT2D eigenvalue weighted by Crippen LogP contribution is 2.26. The quantitative estimate of drug-likeness (QED) is 0.662. The molecule has 25 heavy (non-hydrogen) atoms. The Morgan fingerprint density at radius 1 is 1.04 bits per heavy atom. The van der Waals surface area contributed by atoms with Crippen LogP contribution < -0.4 is 15.8 Å². The van der Waals surface area contributed by atoms with Gasteiger partial charge in [-0.25, -0.2) is 13.1 Å². The second-order valence-electron chi connectivity index (χ2n) is 6.59. The molecule has 0 radical (unpaired) electrons. The Morgan fingerprint density at radius 3 is 2.44 bits per heavy atom. The van der Waals surface area contributed by atoms with Gasteiger partial charge in [-0.3, -0.25) is 0 Å². The van der Waals surface area contributed by atoms with Crippen molar-refractivity contribution in [2.75, 3.05) is 17.6 Å². The minimum Gasteiger partial charge on any atom is -0.397 e. The molecule has 1 saturated carbocycles. The molecule has 0 atom stereocenters. The minimum absolute atomic E-state index is 0.213. The zero-order valence-electron chi connectivity index (χ0n) is 14.2. The van der Waals surface area contributed by atoms with Gasteiger partial charge in [0.05, 0.1) is 16.3 Å². The molecule has 0 spiro atoms. The summed E-state index contributed by atoms with van der Waals surface area (Å²) in [5, 5.41) is 3.42. The third kappa shape index (κ3) is 4.74. The first kappa shape index (κ1) is 17.8. The average molecular weight is 359 g/mol. The van der Waals surface area contributed by atoms with Crippen LogP contribution in [0.1, 0.15) is 31.2 Å². The zero-order chi connectivity index (χ0) is 17.7. The van der Waals surface area contributed by atoms with Crippen LogP contribution in [0.3, 0.4) is 0 Å². The van der Waals surface area contributed by atoms with Crippen molar-refractivity contribution in [3.8, 4) is 0 Å². The van der Waals surface area contributed by atoms with Crippen molar-refractivity contribution in [3.05, 3.63) is 54.1 Å². The maximum atomic E-state index is 12.3. The topological polar surface area (TPSA) is 84.2 Å². The molecular weight excluding hydrogens is 334 g/mol. The van der Waals surface area contributed by atoms with E-state index in [-0.39, 0.29) is 11.4 Å². The molecule has 0 heterocycles. The Labute approximate surface area is 149 Å². The highest BCUT2D eigenvalue weighted by atomic mass is 32.2. The first-order chi connectivity index (χ1) is 12.0. The van der Waals surface area contributed by atoms with Crippen molar-refractivity contribution in [2.24, 2.45) is 5.92 Å². The SMILES string of the molecule is Nc1cc(CNS(=O)(=O)c2ccccc2)ccc1NCC1CCCC1. The number of nitrogens with two attached hydrogens (primary N) is 1. The van der Waals surface area contributed by atoms with Gasteiger partial charge < -0.3 is 11.1 Å². The monoisotopic (exact) mass is 359 g/mol. The number of hydrogen-bond acceptors (Lipinski definition) is 4. The zero-order valence-corrected chi connectivity index (χ0v) is 15.1. The summed E-state index contributed by atoms with van der Waals surface area (Å²) >= 11 is 0. The summed E-state index contributed by atoms with van der Waals surface area (Å²) in [7, 11) is -3.51. The van der Waals surface area contributed by atoms with Crippen molar-refractivity contribution in [2.45, 2.75) is 37.1 Å². The summed E-state index contributed by atoms with van der Waals surface area (Å²) in [6.07, 6.45) is 5.21. The van der Waals surface area contributed by atoms with Crippen molar-refractivity contribution in [3.63, 3.8) is 0 Å². The predicted octanol–water partition coefficient (Wildman–Crippen LogP) is 3.35. The van der Waals surface area contributed by atoms with Crippen LogP contribution in [0, 0.1) is 5.92 Å². The molecule has 0 saturated heterocycles. The van der Waals surface area contributed by atoms with Crippen LogP contribution in [-0.2, 0) is 16.6 Å². The number of nitrogen functional groups attached to an aromatic ring is 1. The number of benzene rings is 2. The summed E-state index contributed by atoms with van der Waals surface area (Å²) in [4.78, 5) is 0.262. The molecule has 3 rings (SSSR count). The molecule has 0 amide bonds. The maximum absolute atomic E-state index is 12.3. The van der Waals surface area contributed by atoms with Crippen LogP contribution in [0.2, 0.25) is 0 Å². The standard InChI is InChI=1S/C19H25N3O2S/c20-18-12-16(10-11-19(18)21-13-15-6-4-5-7-15)14-22-25(23,24)17-8-2-1-3-9-17/h1-3,8-12,15,21-22H,4-7,13-14,20H2. The smallest absolute Gasteiger partial charge is 0.240 e. The normalized spacial score (nSPS) is 15.4. The third-order valence-electron chi connectivity index (χ3n) is 4.69. The Bertz CT molecular complexity index is 801. The molecule has 2 aromatic rings. The van der Waals surface area contributed by atoms with E-state index in [1.807, 2.05) is 18.2 Å². The highest BCUT2D eigenvalue weighted by molar-refractivity contribution is 7.89. The molecular formula is C19H25N3O2S. The lowest BCUT2D eigenvalue weighted by molar-refractivity contribution is 0.579. The largest absolute Gasteiger partial charge is 0.397 e. The van der Waals surface area contributed by atoms with Gasteiger partial charge in [0.25, 0.3) is 0 Å². The summed E-state index contributed by atoms with van der Waals surface area (Å²) < 4.78 is 27.1. The number of rotatable bonds is 7. The number of hydrogen-bond donors (Lipinski definition) is 3. The van der Waals surface area contributed by atoms with Gasteiger partial charge in [0.1, 0.15) is 0 Å². The van der Waals surface area contributed by atoms with E-state index >= 15 is 0 Å². The average Bonchev–Trinajstić information content (AvgIpc) is 3.13. The van der Waals surface area contributed by atoms with E-state index in [0.717, 1.165) is 23.7 Å². The molecule has 0 aromatic heterocycles. The van der Waals surface area contributed by atoms with Crippen LogP contribution in [0.15, 0.2) is 53.4 Å². The molecule has 5 nitrogen and oxygen atoms in total. The predicted molar refractivity (Wildman–Crippen MR) is 102 cm³/mol. The van der Waals surface area contributed by atoms with E-state index in [9.17, 15) is 8.42 Å². The van der Waals surface area contributed by atoms with Crippen LogP contribution in [0.4, 0.5) is 11.4 Å². The van der Waals surface area contributed by atoms with Crippen molar-refractivity contribution < 1.29 is 8.42 Å². The van der Waals surface area contributed by atoms with Gasteiger partial charge in [-0.1, -0.05) is 37.1 Å². The lowest BCUT2D eigenvalue weighted by Gasteiger charge is -2.14. The van der Waals surface area contributed by atoms with Crippen LogP contribution in [0.5, 0.6) is 0 Å². The van der Waals surface area contributed by atoms with Crippen LogP contribution >= 0.6 is 0 Å². The highest BCUT2D eigenvalue weighted by Gasteiger charge is 2.15. The molecule has 0 bridgehead atoms. The van der Waals surface area contributed by atoms with Crippen molar-refractivity contribution in [1.82, 2.24) is 4.72 Å². The number of sulfonamides is 1. The van der Waals surface area contributed by atoms with Gasteiger partial charge >= 0.3 is 0 Å². The van der Waals surface area contributed by atoms with E-state index in [0.29, 0.717) is 5.69 Å². The fourth-order valence-electron chi connectivity index (χ4n) is 3.21. The van der Waals surface area contributed by atoms with Crippen molar-refractivity contribution in [1.29, 1.82) is 0 Å². The first-order valence-electron chi connectivity index (χ1n) is 8.71. The molecule has 134 valence electrons. The van der Waals surface area contributed by atoms with Crippen molar-refractivity contribution >= 4 is 21.4 Å². The molecule has 0 aliphatic heterocycles. The summed E-state index contributed by atoms with van der Waals surface area (Å²) in [6, 6.07) is 14.0. The Hall–Kier alpha value is -2.05. The molecule has 4 N–H and O–H groups in total. The van der Waals surface area contributed by atoms with Gasteiger partial charge in [0.2, 0.25) is 10.0 Å². The lowest BCUT2D eigenvalue weighted by atomic mass is 10.1. The van der Waals surface area contributed by atoms with E-state index in [4.69, 9.17) is 5.73 Å². The molecule has 1 aliphatic rings. The Balaban J connectivity index is 1.59. The summed E-state index contributed by atoms with van der Waals surface area (Å²) in [6.45, 7) is 1.16. The summed E-state index contributed by atoms with van der Waals surface area (Å²) in [5.41, 5.74) is 8.52. The fourth-order valence-corrected chi connectivity index (χ4v) is 4.25. The van der Waals surface area contributed by atoms with Gasteiger partial charge in [0, 0.05) is 13.1 Å². The van der Waals surface area contributed by atoms with Crippen LogP contribution in [-0.4, -0.2) is 15.0 Å². The second-order valence-corrected chi connectivity index (χ2v) is 8.36. The Morgan fingerprint density at radius 2 is 1.76 bits per heavy atom. The van der Waals surface area contributed by atoms with Crippen LogP contribution in [0.25, 0.3) is 0 Å². The molecule has 6 heteroatoms. The van der Waals surface area contributed by atoms with Gasteiger partial charge in [-0.15, -0.1) is 0 Å². The number of nitrogens with one attached hydrogen (secondary N) is 2. The fraction of sp³-hybridized carbons (Fsp3) is 0.368.